The standard InChI is InChI=1S/C106H138O18SSi/c1-14-107-71(12)108-51-47-86-83(38-26-37-82-84(114-86)45-46-85-89(115-82)57-94-102(119-85)103(101-87(116-94)36-24-25-49-109-101)112-63-74-41-44-77-30-20-23-33-80(77)56-74)118-97(125-81-34-16-15-17-35-81)60-95(110-61-72-39-42-75-28-18-21-31-78(75)54-72)105(13)96(124-126(64(2)3,65(4)5)66(6)7)59-91-92(122-105)53-67(8)52-88-90(117-91)58-93-98(120-88)69(10)99(111-62-73-40-43-76-29-19-22-32-79(76)55-73)104-100(121-93)68(9)70(11)106(123-104)48-27-50-113-106/h15-26,28-35,38-46,54-56,64-71,82-104H,14,27,36-37,47-53,57-63H2,1-13H3/b38-26-/t67-,68+,69-,70+,71?,82-,83+,84+,85-,86-,87+,88+,89+,90-,91+,92-,93+,94-,95-,96-,97?,98-,99+,100-,101+,102-,103-,104+,105+,106-/m1/s1. The second-order valence-electron chi connectivity index (χ2n) is 39.4. The molecule has 7 aromatic carbocycles. The van der Waals surface area contributed by atoms with Crippen molar-refractivity contribution in [2.45, 2.75) is 359 Å². The third-order valence-electron chi connectivity index (χ3n) is 30.2. The first-order valence-electron chi connectivity index (χ1n) is 47.9. The molecule has 1 spiro atoms. The Hall–Kier alpha value is -5.61. The average molecular weight is 1760 g/mol. The van der Waals surface area contributed by atoms with Crippen molar-refractivity contribution in [3.8, 4) is 0 Å². The summed E-state index contributed by atoms with van der Waals surface area (Å²) >= 11 is 1.71. The molecule has 680 valence electrons. The van der Waals surface area contributed by atoms with E-state index in [9.17, 15) is 0 Å². The normalized spacial score (nSPS) is 36.8. The van der Waals surface area contributed by atoms with Crippen LogP contribution in [0.4, 0.5) is 0 Å². The van der Waals surface area contributed by atoms with Crippen molar-refractivity contribution in [2.75, 3.05) is 26.4 Å². The summed E-state index contributed by atoms with van der Waals surface area (Å²) in [4.78, 5) is 1.06. The maximum atomic E-state index is 8.46. The molecule has 0 radical (unpaired) electrons. The van der Waals surface area contributed by atoms with Gasteiger partial charge in [-0.05, 0) is 167 Å². The molecular weight excluding hydrogens is 1620 g/mol. The van der Waals surface area contributed by atoms with Crippen LogP contribution in [0.25, 0.3) is 32.3 Å². The number of hydrogen-bond acceptors (Lipinski definition) is 19. The first kappa shape index (κ1) is 90.9. The van der Waals surface area contributed by atoms with Crippen LogP contribution in [-0.4, -0.2) is 192 Å². The van der Waals surface area contributed by atoms with Crippen molar-refractivity contribution >= 4 is 52.4 Å². The summed E-state index contributed by atoms with van der Waals surface area (Å²) in [7, 11) is -2.77. The summed E-state index contributed by atoms with van der Waals surface area (Å²) in [5.74, 6) is -0.467. The second kappa shape index (κ2) is 40.1. The van der Waals surface area contributed by atoms with E-state index < -0.39 is 86.4 Å². The van der Waals surface area contributed by atoms with E-state index in [2.05, 4.69) is 270 Å². The highest BCUT2D eigenvalue weighted by atomic mass is 32.2. The fourth-order valence-electron chi connectivity index (χ4n) is 23.5. The second-order valence-corrected chi connectivity index (χ2v) is 46.0. The van der Waals surface area contributed by atoms with Crippen LogP contribution in [0, 0.1) is 23.7 Å². The van der Waals surface area contributed by atoms with Crippen LogP contribution >= 0.6 is 11.8 Å². The maximum absolute atomic E-state index is 8.46. The zero-order valence-electron chi connectivity index (χ0n) is 76.4. The SMILES string of the molecule is CCOC(C)OCC[C@H]1O[C@H]2C=C[C@H]3O[C@H]4[C@H](OCc5ccc6ccccc6c5)[C@H]5OCC=CC[C@@H]5O[C@@H]4C[C@@H]3O[C@@H]2C/C=C\[C@@H]1OC(C[C@@H](OCc1ccc2ccccc2c1)[C@]1(C)O[C@@H]2C[C@H](C)C[C@@H]3O[C@@H]4[C@@H](C)[C@H](OCc5ccc6ccccc6c5)[C@@H]5O[C@]6(CCCO6)[C@@H](C)[C@H](C)[C@H]5O[C@H]4C[C@H]3O[C@H]2C[C@H]1O[Si](C(C)C)(C(C)C)C(C)C)Sc1ccccc1. The smallest absolute Gasteiger partial charge is 0.200 e. The van der Waals surface area contributed by atoms with Crippen LogP contribution in [0.1, 0.15) is 177 Å². The van der Waals surface area contributed by atoms with Gasteiger partial charge in [0.1, 0.15) is 53.8 Å². The molecule has 126 heavy (non-hydrogen) atoms. The molecule has 11 aliphatic rings. The molecule has 0 N–H and O–H groups in total. The zero-order chi connectivity index (χ0) is 87.0. The molecule has 18 rings (SSSR count). The van der Waals surface area contributed by atoms with Crippen molar-refractivity contribution in [1.82, 2.24) is 0 Å². The van der Waals surface area contributed by atoms with Crippen LogP contribution in [0.2, 0.25) is 16.6 Å². The number of fused-ring (bicyclic) bond motifs is 11. The molecule has 20 heteroatoms. The predicted octanol–water partition coefficient (Wildman–Crippen LogP) is 21.2. The van der Waals surface area contributed by atoms with Gasteiger partial charge in [-0.2, -0.15) is 0 Å². The summed E-state index contributed by atoms with van der Waals surface area (Å²) < 4.78 is 133. The maximum Gasteiger partial charge on any atom is 0.200 e. The van der Waals surface area contributed by atoms with E-state index in [1.165, 1.54) is 26.9 Å². The van der Waals surface area contributed by atoms with Gasteiger partial charge in [-0.3, -0.25) is 0 Å². The van der Waals surface area contributed by atoms with Gasteiger partial charge in [0, 0.05) is 55.4 Å². The summed E-state index contributed by atoms with van der Waals surface area (Å²) in [5.41, 5.74) is 2.41. The van der Waals surface area contributed by atoms with Crippen molar-refractivity contribution < 1.29 is 85.0 Å². The van der Waals surface area contributed by atoms with Crippen molar-refractivity contribution in [3.05, 3.63) is 211 Å². The third kappa shape index (κ3) is 19.5. The summed E-state index contributed by atoms with van der Waals surface area (Å²) in [6, 6.07) is 56.1. The van der Waals surface area contributed by atoms with Crippen LogP contribution in [0.3, 0.4) is 0 Å². The van der Waals surface area contributed by atoms with Gasteiger partial charge >= 0.3 is 0 Å². The van der Waals surface area contributed by atoms with E-state index >= 15 is 0 Å². The lowest BCUT2D eigenvalue weighted by Gasteiger charge is -2.57. The Kier molecular flexibility index (Phi) is 28.9. The molecule has 0 saturated carbocycles. The molecule has 8 fully saturated rings. The monoisotopic (exact) mass is 1760 g/mol. The molecule has 30 atom stereocenters. The number of hydrogen-bond donors (Lipinski definition) is 0. The Morgan fingerprint density at radius 1 is 0.484 bits per heavy atom. The number of thioether (sulfide) groups is 1. The number of ether oxygens (including phenoxy) is 17. The molecule has 0 amide bonds. The van der Waals surface area contributed by atoms with Gasteiger partial charge in [0.05, 0.1) is 131 Å². The Balaban J connectivity index is 0.660. The van der Waals surface area contributed by atoms with E-state index in [0.717, 1.165) is 59.1 Å². The number of rotatable bonds is 27. The molecule has 0 aliphatic carbocycles. The first-order chi connectivity index (χ1) is 61.2. The Labute approximate surface area is 753 Å². The third-order valence-corrected chi connectivity index (χ3v) is 37.4. The van der Waals surface area contributed by atoms with Gasteiger partial charge in [0.25, 0.3) is 0 Å². The average Bonchev–Trinajstić information content (AvgIpc) is 1.46. The van der Waals surface area contributed by atoms with Gasteiger partial charge < -0.3 is 85.0 Å². The summed E-state index contributed by atoms with van der Waals surface area (Å²) in [5, 5.41) is 7.09. The van der Waals surface area contributed by atoms with E-state index in [1.807, 2.05) is 13.8 Å². The molecule has 7 aromatic rings. The fourth-order valence-corrected chi connectivity index (χ4v) is 30.3. The topological polar surface area (TPSA) is 166 Å². The molecule has 0 bridgehead atoms. The molecule has 0 aromatic heterocycles. The molecule has 8 saturated heterocycles. The van der Waals surface area contributed by atoms with Crippen molar-refractivity contribution in [2.24, 2.45) is 23.7 Å². The van der Waals surface area contributed by atoms with Gasteiger partial charge in [0.15, 0.2) is 12.1 Å². The molecule has 2 unspecified atom stereocenters. The molecule has 11 heterocycles. The minimum atomic E-state index is -2.77. The Bertz CT molecular complexity index is 4810. The highest BCUT2D eigenvalue weighted by Gasteiger charge is 2.64. The highest BCUT2D eigenvalue weighted by molar-refractivity contribution is 7.99. The zero-order valence-corrected chi connectivity index (χ0v) is 78.2. The predicted molar refractivity (Wildman–Crippen MR) is 494 cm³/mol. The van der Waals surface area contributed by atoms with Crippen molar-refractivity contribution in [1.29, 1.82) is 0 Å². The highest BCUT2D eigenvalue weighted by Crippen LogP contribution is 2.55. The molecule has 11 aliphatic heterocycles. The van der Waals surface area contributed by atoms with Crippen LogP contribution < -0.4 is 0 Å². The lowest BCUT2D eigenvalue weighted by atomic mass is 9.76. The minimum absolute atomic E-state index is 0.0819. The van der Waals surface area contributed by atoms with Crippen LogP contribution in [0.5, 0.6) is 0 Å². The lowest BCUT2D eigenvalue weighted by molar-refractivity contribution is -0.342. The van der Waals surface area contributed by atoms with E-state index in [-0.39, 0.29) is 120 Å². The van der Waals surface area contributed by atoms with Crippen molar-refractivity contribution in [3.63, 3.8) is 0 Å². The van der Waals surface area contributed by atoms with E-state index in [1.54, 1.807) is 11.8 Å². The fraction of sp³-hybridized carbons (Fsp3) is 0.604. The van der Waals surface area contributed by atoms with Gasteiger partial charge in [-0.25, -0.2) is 0 Å². The quantitative estimate of drug-likeness (QED) is 0.0206. The summed E-state index contributed by atoms with van der Waals surface area (Å²) in [6.45, 7) is 33.1. The molecule has 18 nitrogen and oxygen atoms in total. The summed E-state index contributed by atoms with van der Waals surface area (Å²) in [6.07, 6.45) is 11.6. The Morgan fingerprint density at radius 3 is 1.72 bits per heavy atom. The van der Waals surface area contributed by atoms with Gasteiger partial charge in [-0.1, -0.05) is 245 Å². The Morgan fingerprint density at radius 2 is 1.06 bits per heavy atom. The van der Waals surface area contributed by atoms with Gasteiger partial charge in [0.2, 0.25) is 8.32 Å². The van der Waals surface area contributed by atoms with Crippen LogP contribution in [-0.2, 0) is 105 Å². The molecular formula is C106H138O18SSi. The first-order valence-corrected chi connectivity index (χ1v) is 50.9. The largest absolute Gasteiger partial charge is 0.410 e. The minimum Gasteiger partial charge on any atom is -0.410 e. The number of benzene rings is 7. The van der Waals surface area contributed by atoms with E-state index in [4.69, 9.17) is 85.0 Å². The lowest BCUT2D eigenvalue weighted by Crippen LogP contribution is -2.67. The van der Waals surface area contributed by atoms with Gasteiger partial charge in [-0.15, -0.1) is 0 Å². The van der Waals surface area contributed by atoms with Crippen LogP contribution in [0.15, 0.2) is 199 Å². The van der Waals surface area contributed by atoms with E-state index in [0.29, 0.717) is 84.8 Å².